The number of nitrogens with one attached hydrogen (secondary N) is 3. The van der Waals surface area contributed by atoms with Crippen LogP contribution in [0.2, 0.25) is 0 Å². The quantitative estimate of drug-likeness (QED) is 0.704. The average molecular weight is 299 g/mol. The fourth-order valence-electron chi connectivity index (χ4n) is 2.42. The Bertz CT molecular complexity index is 307. The van der Waals surface area contributed by atoms with E-state index in [0.717, 1.165) is 19.6 Å². The van der Waals surface area contributed by atoms with Crippen molar-refractivity contribution < 1.29 is 9.53 Å². The van der Waals surface area contributed by atoms with E-state index in [1.54, 1.807) is 0 Å². The van der Waals surface area contributed by atoms with Crippen LogP contribution in [0.15, 0.2) is 0 Å². The topological polar surface area (TPSA) is 62.4 Å². The number of carbonyl (C=O) groups excluding carboxylic acids is 1. The van der Waals surface area contributed by atoms with Crippen molar-refractivity contribution in [3.8, 4) is 0 Å². The predicted octanol–water partition coefficient (Wildman–Crippen LogP) is 2.27. The van der Waals surface area contributed by atoms with Crippen molar-refractivity contribution in [1.29, 1.82) is 0 Å². The van der Waals surface area contributed by atoms with Gasteiger partial charge in [0.1, 0.15) is 5.60 Å². The maximum Gasteiger partial charge on any atom is 0.407 e. The third-order valence-electron chi connectivity index (χ3n) is 3.67. The Morgan fingerprint density at radius 1 is 1.33 bits per heavy atom. The van der Waals surface area contributed by atoms with Gasteiger partial charge in [-0.3, -0.25) is 0 Å². The van der Waals surface area contributed by atoms with E-state index in [-0.39, 0.29) is 12.1 Å². The second kappa shape index (κ2) is 8.59. The standard InChI is InChI=1S/C16H33N3O2/c1-12(2)14(19-15(20)21-16(3,4)5)11-17-10-13-8-6-7-9-18-13/h12-14,17-18H,6-11H2,1-5H3,(H,19,20). The van der Waals surface area contributed by atoms with Crippen LogP contribution in [0.5, 0.6) is 0 Å². The minimum absolute atomic E-state index is 0.0865. The Balaban J connectivity index is 2.30. The van der Waals surface area contributed by atoms with E-state index in [2.05, 4.69) is 29.8 Å². The Labute approximate surface area is 129 Å². The molecular formula is C16H33N3O2. The Morgan fingerprint density at radius 3 is 2.57 bits per heavy atom. The van der Waals surface area contributed by atoms with Gasteiger partial charge < -0.3 is 20.7 Å². The van der Waals surface area contributed by atoms with E-state index in [1.165, 1.54) is 19.3 Å². The number of amides is 1. The molecule has 2 unspecified atom stereocenters. The van der Waals surface area contributed by atoms with E-state index in [1.807, 2.05) is 20.8 Å². The second-order valence-electron chi connectivity index (χ2n) is 7.30. The molecule has 1 amide bonds. The van der Waals surface area contributed by atoms with Crippen LogP contribution in [0.25, 0.3) is 0 Å². The lowest BCUT2D eigenvalue weighted by Gasteiger charge is -2.28. The van der Waals surface area contributed by atoms with Gasteiger partial charge in [-0.15, -0.1) is 0 Å². The molecule has 2 atom stereocenters. The Hall–Kier alpha value is -0.810. The first-order valence-corrected chi connectivity index (χ1v) is 8.21. The summed E-state index contributed by atoms with van der Waals surface area (Å²) in [7, 11) is 0. The average Bonchev–Trinajstić information content (AvgIpc) is 2.36. The molecule has 0 spiro atoms. The van der Waals surface area contributed by atoms with E-state index in [0.29, 0.717) is 12.0 Å². The fourth-order valence-corrected chi connectivity index (χ4v) is 2.42. The van der Waals surface area contributed by atoms with Crippen LogP contribution in [0.3, 0.4) is 0 Å². The summed E-state index contributed by atoms with van der Waals surface area (Å²) < 4.78 is 5.32. The molecule has 21 heavy (non-hydrogen) atoms. The summed E-state index contributed by atoms with van der Waals surface area (Å²) in [5, 5.41) is 9.96. The number of piperidine rings is 1. The third-order valence-corrected chi connectivity index (χ3v) is 3.67. The predicted molar refractivity (Wildman–Crippen MR) is 86.5 cm³/mol. The van der Waals surface area contributed by atoms with Crippen molar-refractivity contribution in [2.24, 2.45) is 5.92 Å². The lowest BCUT2D eigenvalue weighted by molar-refractivity contribution is 0.0490. The van der Waals surface area contributed by atoms with Gasteiger partial charge in [-0.05, 0) is 46.1 Å². The van der Waals surface area contributed by atoms with Gasteiger partial charge in [-0.25, -0.2) is 4.79 Å². The minimum Gasteiger partial charge on any atom is -0.444 e. The highest BCUT2D eigenvalue weighted by Crippen LogP contribution is 2.09. The van der Waals surface area contributed by atoms with Gasteiger partial charge in [0.2, 0.25) is 0 Å². The van der Waals surface area contributed by atoms with Crippen molar-refractivity contribution in [2.75, 3.05) is 19.6 Å². The van der Waals surface area contributed by atoms with Crippen LogP contribution in [0.1, 0.15) is 53.9 Å². The lowest BCUT2D eigenvalue weighted by Crippen LogP contribution is -2.49. The first-order valence-electron chi connectivity index (χ1n) is 8.21. The zero-order chi connectivity index (χ0) is 15.9. The van der Waals surface area contributed by atoms with Crippen LogP contribution in [-0.2, 0) is 4.74 Å². The molecule has 0 aliphatic carbocycles. The number of ether oxygens (including phenoxy) is 1. The molecule has 1 aliphatic rings. The molecule has 124 valence electrons. The molecule has 5 nitrogen and oxygen atoms in total. The van der Waals surface area contributed by atoms with Gasteiger partial charge in [0.25, 0.3) is 0 Å². The van der Waals surface area contributed by atoms with Crippen LogP contribution in [0, 0.1) is 5.92 Å². The minimum atomic E-state index is -0.453. The summed E-state index contributed by atoms with van der Waals surface area (Å²) in [4.78, 5) is 11.9. The molecule has 3 N–H and O–H groups in total. The monoisotopic (exact) mass is 299 g/mol. The highest BCUT2D eigenvalue weighted by atomic mass is 16.6. The Morgan fingerprint density at radius 2 is 2.05 bits per heavy atom. The zero-order valence-electron chi connectivity index (χ0n) is 14.3. The van der Waals surface area contributed by atoms with Gasteiger partial charge >= 0.3 is 6.09 Å². The summed E-state index contributed by atoms with van der Waals surface area (Å²) in [5.74, 6) is 0.365. The highest BCUT2D eigenvalue weighted by Gasteiger charge is 2.21. The smallest absolute Gasteiger partial charge is 0.407 e. The molecular weight excluding hydrogens is 266 g/mol. The molecule has 1 aliphatic heterocycles. The van der Waals surface area contributed by atoms with E-state index in [4.69, 9.17) is 4.74 Å². The molecule has 5 heteroatoms. The molecule has 0 aromatic heterocycles. The summed E-state index contributed by atoms with van der Waals surface area (Å²) in [6.45, 7) is 12.7. The normalized spacial score (nSPS) is 21.1. The van der Waals surface area contributed by atoms with Crippen LogP contribution < -0.4 is 16.0 Å². The molecule has 1 fully saturated rings. The number of hydrogen-bond donors (Lipinski definition) is 3. The van der Waals surface area contributed by atoms with Crippen LogP contribution in [-0.4, -0.2) is 43.4 Å². The van der Waals surface area contributed by atoms with Gasteiger partial charge in [0.05, 0.1) is 0 Å². The molecule has 1 rings (SSSR count). The van der Waals surface area contributed by atoms with Gasteiger partial charge in [-0.2, -0.15) is 0 Å². The van der Waals surface area contributed by atoms with Crippen molar-refractivity contribution in [2.45, 2.75) is 71.6 Å². The third kappa shape index (κ3) is 8.27. The maximum absolute atomic E-state index is 11.9. The Kier molecular flexibility index (Phi) is 7.46. The molecule has 0 radical (unpaired) electrons. The van der Waals surface area contributed by atoms with E-state index >= 15 is 0 Å². The summed E-state index contributed by atoms with van der Waals surface area (Å²) in [6, 6.07) is 0.650. The highest BCUT2D eigenvalue weighted by molar-refractivity contribution is 5.68. The number of hydrogen-bond acceptors (Lipinski definition) is 4. The van der Waals surface area contributed by atoms with E-state index in [9.17, 15) is 4.79 Å². The van der Waals surface area contributed by atoms with E-state index < -0.39 is 5.60 Å². The number of rotatable bonds is 6. The number of carbonyl (C=O) groups is 1. The summed E-state index contributed by atoms with van der Waals surface area (Å²) in [6.07, 6.45) is 3.49. The first-order chi connectivity index (χ1) is 9.78. The van der Waals surface area contributed by atoms with Crippen molar-refractivity contribution in [1.82, 2.24) is 16.0 Å². The molecule has 0 bridgehead atoms. The first kappa shape index (κ1) is 18.2. The van der Waals surface area contributed by atoms with Gasteiger partial charge in [0.15, 0.2) is 0 Å². The summed E-state index contributed by atoms with van der Waals surface area (Å²) in [5.41, 5.74) is -0.453. The van der Waals surface area contributed by atoms with Crippen molar-refractivity contribution in [3.63, 3.8) is 0 Å². The van der Waals surface area contributed by atoms with Crippen LogP contribution in [0.4, 0.5) is 4.79 Å². The summed E-state index contributed by atoms with van der Waals surface area (Å²) >= 11 is 0. The molecule has 1 saturated heterocycles. The maximum atomic E-state index is 11.9. The van der Waals surface area contributed by atoms with Crippen molar-refractivity contribution >= 4 is 6.09 Å². The fraction of sp³-hybridized carbons (Fsp3) is 0.938. The molecule has 0 aromatic carbocycles. The molecule has 1 heterocycles. The molecule has 0 saturated carbocycles. The van der Waals surface area contributed by atoms with Gasteiger partial charge in [-0.1, -0.05) is 20.3 Å². The van der Waals surface area contributed by atoms with Crippen LogP contribution >= 0.6 is 0 Å². The number of alkyl carbamates (subject to hydrolysis) is 1. The largest absolute Gasteiger partial charge is 0.444 e. The zero-order valence-corrected chi connectivity index (χ0v) is 14.3. The van der Waals surface area contributed by atoms with Gasteiger partial charge in [0, 0.05) is 25.2 Å². The second-order valence-corrected chi connectivity index (χ2v) is 7.30. The SMILES string of the molecule is CC(C)C(CNCC1CCCCN1)NC(=O)OC(C)(C)C. The lowest BCUT2D eigenvalue weighted by atomic mass is 10.0. The molecule has 0 aromatic rings. The van der Waals surface area contributed by atoms with Crippen molar-refractivity contribution in [3.05, 3.63) is 0 Å².